The van der Waals surface area contributed by atoms with E-state index in [0.717, 1.165) is 31.2 Å². The van der Waals surface area contributed by atoms with E-state index in [1.807, 2.05) is 12.1 Å². The minimum atomic E-state index is -0.629. The minimum Gasteiger partial charge on any atom is -0.493 e. The van der Waals surface area contributed by atoms with Crippen LogP contribution in [0.2, 0.25) is 0 Å². The Morgan fingerprint density at radius 2 is 1.93 bits per heavy atom. The fourth-order valence-corrected chi connectivity index (χ4v) is 5.52. The molecule has 0 aliphatic heterocycles. The van der Waals surface area contributed by atoms with Crippen LogP contribution in [0.15, 0.2) is 24.3 Å². The van der Waals surface area contributed by atoms with Crippen molar-refractivity contribution in [3.8, 4) is 17.2 Å². The molecule has 1 unspecified atom stereocenters. The van der Waals surface area contributed by atoms with Crippen molar-refractivity contribution in [3.63, 3.8) is 0 Å². The summed E-state index contributed by atoms with van der Waals surface area (Å²) in [5.41, 5.74) is 0.900. The average molecular weight is 432 g/mol. The molecule has 2 aliphatic carbocycles. The lowest BCUT2D eigenvalue weighted by molar-refractivity contribution is 0.0440. The van der Waals surface area contributed by atoms with Gasteiger partial charge in [-0.15, -0.1) is 11.3 Å². The molecule has 0 amide bonds. The Labute approximate surface area is 181 Å². The number of carbonyl (C=O) groups excluding carboxylic acids is 1. The molecule has 162 valence electrons. The Morgan fingerprint density at radius 3 is 2.70 bits per heavy atom. The largest absolute Gasteiger partial charge is 0.493 e. The zero-order valence-electron chi connectivity index (χ0n) is 17.6. The van der Waals surface area contributed by atoms with Crippen LogP contribution >= 0.6 is 11.3 Å². The summed E-state index contributed by atoms with van der Waals surface area (Å²) in [6, 6.07) is 7.32. The summed E-state index contributed by atoms with van der Waals surface area (Å²) < 4.78 is 16.6. The quantitative estimate of drug-likeness (QED) is 0.700. The lowest BCUT2D eigenvalue weighted by Gasteiger charge is -2.25. The van der Waals surface area contributed by atoms with E-state index < -0.39 is 6.10 Å². The number of aliphatic hydroxyl groups is 1. The van der Waals surface area contributed by atoms with E-state index in [-0.39, 0.29) is 23.8 Å². The SMILES string of the molecule is COc1ccc(O[C@@H]2CC[C@@H](NCC3CCc4sc(C)cc4C3=O)[C@H]2O)cc1OC. The highest BCUT2D eigenvalue weighted by molar-refractivity contribution is 7.12. The van der Waals surface area contributed by atoms with E-state index in [0.29, 0.717) is 23.8 Å². The third-order valence-corrected chi connectivity index (χ3v) is 7.22. The summed E-state index contributed by atoms with van der Waals surface area (Å²) >= 11 is 1.73. The van der Waals surface area contributed by atoms with Crippen LogP contribution in [-0.2, 0) is 6.42 Å². The highest BCUT2D eigenvalue weighted by atomic mass is 32.1. The minimum absolute atomic E-state index is 0.0236. The van der Waals surface area contributed by atoms with Gasteiger partial charge in [0.05, 0.1) is 14.2 Å². The summed E-state index contributed by atoms with van der Waals surface area (Å²) in [6.07, 6.45) is 2.46. The normalized spacial score (nSPS) is 25.8. The van der Waals surface area contributed by atoms with E-state index in [9.17, 15) is 9.90 Å². The van der Waals surface area contributed by atoms with E-state index >= 15 is 0 Å². The highest BCUT2D eigenvalue weighted by Crippen LogP contribution is 2.34. The van der Waals surface area contributed by atoms with Crippen molar-refractivity contribution in [2.45, 2.75) is 50.9 Å². The summed E-state index contributed by atoms with van der Waals surface area (Å²) in [5.74, 6) is 2.08. The van der Waals surface area contributed by atoms with E-state index in [4.69, 9.17) is 14.2 Å². The number of aryl methyl sites for hydroxylation is 2. The highest BCUT2D eigenvalue weighted by Gasteiger charge is 2.37. The molecule has 1 fully saturated rings. The Balaban J connectivity index is 1.33. The summed E-state index contributed by atoms with van der Waals surface area (Å²) in [4.78, 5) is 15.2. The van der Waals surface area contributed by atoms with Crippen molar-refractivity contribution in [1.82, 2.24) is 5.32 Å². The molecular weight excluding hydrogens is 402 g/mol. The van der Waals surface area contributed by atoms with Crippen molar-refractivity contribution in [2.24, 2.45) is 5.92 Å². The van der Waals surface area contributed by atoms with Gasteiger partial charge < -0.3 is 24.6 Å². The fraction of sp³-hybridized carbons (Fsp3) is 0.522. The molecule has 0 saturated heterocycles. The van der Waals surface area contributed by atoms with Gasteiger partial charge in [0.15, 0.2) is 17.3 Å². The number of nitrogens with one attached hydrogen (secondary N) is 1. The van der Waals surface area contributed by atoms with E-state index in [1.165, 1.54) is 9.75 Å². The molecule has 1 aromatic carbocycles. The molecule has 0 radical (unpaired) electrons. The number of hydrogen-bond donors (Lipinski definition) is 2. The lowest BCUT2D eigenvalue weighted by Crippen LogP contribution is -2.44. The maximum atomic E-state index is 12.8. The number of fused-ring (bicyclic) bond motifs is 1. The topological polar surface area (TPSA) is 77.0 Å². The molecule has 4 atom stereocenters. The number of thiophene rings is 1. The van der Waals surface area contributed by atoms with Gasteiger partial charge in [0, 0.05) is 39.9 Å². The molecule has 4 rings (SSSR count). The molecule has 2 N–H and O–H groups in total. The molecule has 0 spiro atoms. The number of carbonyl (C=O) groups is 1. The molecule has 6 nitrogen and oxygen atoms in total. The van der Waals surface area contributed by atoms with Crippen LogP contribution in [0.3, 0.4) is 0 Å². The monoisotopic (exact) mass is 431 g/mol. The van der Waals surface area contributed by atoms with Crippen molar-refractivity contribution in [2.75, 3.05) is 20.8 Å². The van der Waals surface area contributed by atoms with Crippen molar-refractivity contribution in [3.05, 3.63) is 39.6 Å². The summed E-state index contributed by atoms with van der Waals surface area (Å²) in [7, 11) is 3.17. The third kappa shape index (κ3) is 4.19. The van der Waals surface area contributed by atoms with Gasteiger partial charge in [-0.1, -0.05) is 0 Å². The first-order valence-corrected chi connectivity index (χ1v) is 11.3. The van der Waals surface area contributed by atoms with Crippen LogP contribution in [0.4, 0.5) is 0 Å². The fourth-order valence-electron chi connectivity index (χ4n) is 4.46. The smallest absolute Gasteiger partial charge is 0.168 e. The number of benzene rings is 1. The number of ether oxygens (including phenoxy) is 3. The van der Waals surface area contributed by atoms with Crippen LogP contribution < -0.4 is 19.5 Å². The number of ketones is 1. The van der Waals surface area contributed by atoms with Gasteiger partial charge in [0.1, 0.15) is 18.0 Å². The molecule has 1 aromatic heterocycles. The number of methoxy groups -OCH3 is 2. The summed E-state index contributed by atoms with van der Waals surface area (Å²) in [6.45, 7) is 2.65. The predicted molar refractivity (Wildman–Crippen MR) is 116 cm³/mol. The standard InChI is InChI=1S/C23H29NO5S/c1-13-10-16-21(30-13)9-4-14(22(16)25)12-24-17-6-8-19(23(17)26)29-15-5-7-18(27-2)20(11-15)28-3/h5,7,10-11,14,17,19,23-24,26H,4,6,8-9,12H2,1-3H3/t14?,17-,19-,23-/m1/s1. The number of rotatable bonds is 7. The second kappa shape index (κ2) is 8.96. The van der Waals surface area contributed by atoms with Gasteiger partial charge >= 0.3 is 0 Å². The number of hydrogen-bond acceptors (Lipinski definition) is 7. The lowest BCUT2D eigenvalue weighted by atomic mass is 9.87. The third-order valence-electron chi connectivity index (χ3n) is 6.11. The van der Waals surface area contributed by atoms with E-state index in [2.05, 4.69) is 12.2 Å². The van der Waals surface area contributed by atoms with Crippen molar-refractivity contribution in [1.29, 1.82) is 0 Å². The molecule has 2 aliphatic rings. The van der Waals surface area contributed by atoms with E-state index in [1.54, 1.807) is 37.7 Å². The van der Waals surface area contributed by atoms with Crippen molar-refractivity contribution >= 4 is 17.1 Å². The number of Topliss-reactive ketones (excluding diaryl/α,β-unsaturated/α-hetero) is 1. The zero-order valence-corrected chi connectivity index (χ0v) is 18.5. The van der Waals surface area contributed by atoms with Gasteiger partial charge in [-0.2, -0.15) is 0 Å². The Bertz CT molecular complexity index is 911. The zero-order chi connectivity index (χ0) is 21.3. The first kappa shape index (κ1) is 21.2. The van der Waals surface area contributed by atoms with Crippen LogP contribution in [0, 0.1) is 12.8 Å². The first-order chi connectivity index (χ1) is 14.5. The second-order valence-corrected chi connectivity index (χ2v) is 9.39. The van der Waals surface area contributed by atoms with Gasteiger partial charge in [-0.3, -0.25) is 4.79 Å². The Kier molecular flexibility index (Phi) is 6.32. The molecule has 1 saturated carbocycles. The summed E-state index contributed by atoms with van der Waals surface area (Å²) in [5, 5.41) is 14.2. The van der Waals surface area contributed by atoms with Crippen LogP contribution in [0.5, 0.6) is 17.2 Å². The molecule has 30 heavy (non-hydrogen) atoms. The molecule has 2 aromatic rings. The first-order valence-electron chi connectivity index (χ1n) is 10.4. The molecule has 7 heteroatoms. The molecule has 1 heterocycles. The Morgan fingerprint density at radius 1 is 1.13 bits per heavy atom. The van der Waals surface area contributed by atoms with Crippen LogP contribution in [0.25, 0.3) is 0 Å². The van der Waals surface area contributed by atoms with Gasteiger partial charge in [0.25, 0.3) is 0 Å². The van der Waals surface area contributed by atoms with Gasteiger partial charge in [0.2, 0.25) is 0 Å². The van der Waals surface area contributed by atoms with Gasteiger partial charge in [-0.25, -0.2) is 0 Å². The van der Waals surface area contributed by atoms with Crippen LogP contribution in [0.1, 0.15) is 39.4 Å². The molecular formula is C23H29NO5S. The second-order valence-electron chi connectivity index (χ2n) is 8.05. The number of aliphatic hydroxyl groups excluding tert-OH is 1. The van der Waals surface area contributed by atoms with Crippen molar-refractivity contribution < 1.29 is 24.1 Å². The maximum Gasteiger partial charge on any atom is 0.168 e. The van der Waals surface area contributed by atoms with Gasteiger partial charge in [-0.05, 0) is 50.8 Å². The predicted octanol–water partition coefficient (Wildman–Crippen LogP) is 3.38. The molecule has 0 bridgehead atoms. The average Bonchev–Trinajstić information content (AvgIpc) is 3.30. The Hall–Kier alpha value is -2.09. The maximum absolute atomic E-state index is 12.8. The van der Waals surface area contributed by atoms with Crippen LogP contribution in [-0.4, -0.2) is 49.9 Å².